The highest BCUT2D eigenvalue weighted by Gasteiger charge is 2.23. The van der Waals surface area contributed by atoms with Gasteiger partial charge in [0.2, 0.25) is 0 Å². The maximum Gasteiger partial charge on any atom is 0.185 e. The quantitative estimate of drug-likeness (QED) is 0.812. The predicted molar refractivity (Wildman–Crippen MR) is 67.5 cm³/mol. The number of rotatable bonds is 3. The third-order valence-electron chi connectivity index (χ3n) is 2.72. The first-order valence-electron chi connectivity index (χ1n) is 5.82. The van der Waals surface area contributed by atoms with Crippen LogP contribution in [0.4, 0.5) is 5.13 Å². The number of carbonyl (C=O) groups excluding carboxylic acids is 1. The molecular formula is C12H18N2OS. The van der Waals surface area contributed by atoms with Gasteiger partial charge >= 0.3 is 0 Å². The fourth-order valence-electron chi connectivity index (χ4n) is 2.04. The molecular weight excluding hydrogens is 220 g/mol. The Morgan fingerprint density at radius 3 is 2.81 bits per heavy atom. The van der Waals surface area contributed by atoms with Crippen LogP contribution in [0.2, 0.25) is 0 Å². The lowest BCUT2D eigenvalue weighted by Crippen LogP contribution is -2.22. The number of thiazole rings is 1. The van der Waals surface area contributed by atoms with Gasteiger partial charge in [-0.3, -0.25) is 4.79 Å². The summed E-state index contributed by atoms with van der Waals surface area (Å²) in [7, 11) is 2.05. The summed E-state index contributed by atoms with van der Waals surface area (Å²) in [4.78, 5) is 19.5. The summed E-state index contributed by atoms with van der Waals surface area (Å²) < 4.78 is 0. The second-order valence-corrected chi connectivity index (χ2v) is 5.88. The molecule has 1 heterocycles. The lowest BCUT2D eigenvalue weighted by atomic mass is 10.0. The standard InChI is InChI=1S/C12H18N2OS/c1-8(2)7-14(3)12-13-11-9(15)5-4-6-10(11)16-12/h8H,4-7H2,1-3H3. The third-order valence-corrected chi connectivity index (χ3v) is 3.95. The number of carbonyl (C=O) groups is 1. The van der Waals surface area contributed by atoms with Crippen LogP contribution in [0, 0.1) is 5.92 Å². The van der Waals surface area contributed by atoms with Crippen LogP contribution in [-0.2, 0) is 6.42 Å². The van der Waals surface area contributed by atoms with E-state index >= 15 is 0 Å². The van der Waals surface area contributed by atoms with Gasteiger partial charge in [-0.25, -0.2) is 4.98 Å². The highest BCUT2D eigenvalue weighted by atomic mass is 32.1. The van der Waals surface area contributed by atoms with Gasteiger partial charge in [0.25, 0.3) is 0 Å². The highest BCUT2D eigenvalue weighted by molar-refractivity contribution is 7.16. The van der Waals surface area contributed by atoms with E-state index < -0.39 is 0 Å². The first kappa shape index (κ1) is 11.6. The van der Waals surface area contributed by atoms with E-state index in [0.717, 1.165) is 30.2 Å². The van der Waals surface area contributed by atoms with Crippen LogP contribution in [0.3, 0.4) is 0 Å². The van der Waals surface area contributed by atoms with Crippen molar-refractivity contribution >= 4 is 22.3 Å². The van der Waals surface area contributed by atoms with E-state index in [1.165, 1.54) is 4.88 Å². The molecule has 0 N–H and O–H groups in total. The first-order chi connectivity index (χ1) is 7.58. The van der Waals surface area contributed by atoms with Gasteiger partial charge in [-0.1, -0.05) is 13.8 Å². The van der Waals surface area contributed by atoms with Crippen LogP contribution in [-0.4, -0.2) is 24.4 Å². The van der Waals surface area contributed by atoms with Crippen molar-refractivity contribution in [2.75, 3.05) is 18.5 Å². The van der Waals surface area contributed by atoms with E-state index in [1.54, 1.807) is 11.3 Å². The molecule has 0 aliphatic heterocycles. The topological polar surface area (TPSA) is 33.2 Å². The fraction of sp³-hybridized carbons (Fsp3) is 0.667. The molecule has 0 aromatic carbocycles. The summed E-state index contributed by atoms with van der Waals surface area (Å²) in [6.07, 6.45) is 2.68. The molecule has 16 heavy (non-hydrogen) atoms. The number of aromatic nitrogens is 1. The second-order valence-electron chi connectivity index (χ2n) is 4.82. The molecule has 2 rings (SSSR count). The molecule has 0 spiro atoms. The van der Waals surface area contributed by atoms with Crippen molar-refractivity contribution < 1.29 is 4.79 Å². The van der Waals surface area contributed by atoms with E-state index in [1.807, 2.05) is 0 Å². The molecule has 1 aromatic rings. The molecule has 0 bridgehead atoms. The lowest BCUT2D eigenvalue weighted by molar-refractivity contribution is 0.0968. The Hall–Kier alpha value is -0.900. The largest absolute Gasteiger partial charge is 0.351 e. The Kier molecular flexibility index (Phi) is 3.28. The van der Waals surface area contributed by atoms with Crippen LogP contribution >= 0.6 is 11.3 Å². The number of Topliss-reactive ketones (excluding diaryl/α,β-unsaturated/α-hetero) is 1. The van der Waals surface area contributed by atoms with Gasteiger partial charge in [0, 0.05) is 24.9 Å². The van der Waals surface area contributed by atoms with Gasteiger partial charge in [0.15, 0.2) is 10.9 Å². The zero-order valence-electron chi connectivity index (χ0n) is 10.1. The zero-order valence-corrected chi connectivity index (χ0v) is 10.9. The summed E-state index contributed by atoms with van der Waals surface area (Å²) in [5, 5.41) is 0.994. The van der Waals surface area contributed by atoms with E-state index in [2.05, 4.69) is 30.8 Å². The van der Waals surface area contributed by atoms with Crippen molar-refractivity contribution in [3.8, 4) is 0 Å². The van der Waals surface area contributed by atoms with Crippen LogP contribution in [0.25, 0.3) is 0 Å². The van der Waals surface area contributed by atoms with Crippen molar-refractivity contribution in [3.05, 3.63) is 10.6 Å². The molecule has 0 saturated carbocycles. The first-order valence-corrected chi connectivity index (χ1v) is 6.63. The number of fused-ring (bicyclic) bond motifs is 1. The molecule has 0 amide bonds. The van der Waals surface area contributed by atoms with Gasteiger partial charge in [-0.05, 0) is 18.8 Å². The molecule has 88 valence electrons. The maximum absolute atomic E-state index is 11.7. The average Bonchev–Trinajstić information content (AvgIpc) is 2.61. The number of hydrogen-bond acceptors (Lipinski definition) is 4. The van der Waals surface area contributed by atoms with E-state index in [-0.39, 0.29) is 5.78 Å². The second kappa shape index (κ2) is 4.53. The molecule has 0 unspecified atom stereocenters. The lowest BCUT2D eigenvalue weighted by Gasteiger charge is -2.17. The van der Waals surface area contributed by atoms with Crippen molar-refractivity contribution in [1.29, 1.82) is 0 Å². The summed E-state index contributed by atoms with van der Waals surface area (Å²) >= 11 is 1.68. The van der Waals surface area contributed by atoms with Crippen LogP contribution in [0.15, 0.2) is 0 Å². The minimum Gasteiger partial charge on any atom is -0.351 e. The Balaban J connectivity index is 2.20. The van der Waals surface area contributed by atoms with Gasteiger partial charge in [0.05, 0.1) is 0 Å². The Morgan fingerprint density at radius 1 is 1.44 bits per heavy atom. The highest BCUT2D eigenvalue weighted by Crippen LogP contribution is 2.31. The SMILES string of the molecule is CC(C)CN(C)c1nc2c(s1)CCCC2=O. The molecule has 4 heteroatoms. The normalized spacial score (nSPS) is 15.4. The van der Waals surface area contributed by atoms with Gasteiger partial charge in [-0.15, -0.1) is 11.3 Å². The molecule has 0 saturated heterocycles. The molecule has 0 fully saturated rings. The van der Waals surface area contributed by atoms with Crippen LogP contribution in [0.5, 0.6) is 0 Å². The van der Waals surface area contributed by atoms with Crippen LogP contribution < -0.4 is 4.90 Å². The molecule has 1 aliphatic rings. The van der Waals surface area contributed by atoms with E-state index in [4.69, 9.17) is 0 Å². The number of anilines is 1. The maximum atomic E-state index is 11.7. The molecule has 0 radical (unpaired) electrons. The average molecular weight is 238 g/mol. The van der Waals surface area contributed by atoms with Gasteiger partial charge in [0.1, 0.15) is 5.69 Å². The number of hydrogen-bond donors (Lipinski definition) is 0. The minimum absolute atomic E-state index is 0.224. The number of nitrogens with zero attached hydrogens (tertiary/aromatic N) is 2. The smallest absolute Gasteiger partial charge is 0.185 e. The van der Waals surface area contributed by atoms with Crippen molar-refractivity contribution in [1.82, 2.24) is 4.98 Å². The van der Waals surface area contributed by atoms with Gasteiger partial charge in [-0.2, -0.15) is 0 Å². The molecule has 0 atom stereocenters. The van der Waals surface area contributed by atoms with Crippen molar-refractivity contribution in [3.63, 3.8) is 0 Å². The zero-order chi connectivity index (χ0) is 11.7. The minimum atomic E-state index is 0.224. The van der Waals surface area contributed by atoms with E-state index in [0.29, 0.717) is 12.3 Å². The summed E-state index contributed by atoms with van der Waals surface area (Å²) in [6.45, 7) is 5.37. The fourth-order valence-corrected chi connectivity index (χ4v) is 3.13. The third kappa shape index (κ3) is 2.26. The summed E-state index contributed by atoms with van der Waals surface area (Å²) in [5.41, 5.74) is 0.738. The number of aryl methyl sites for hydroxylation is 1. The van der Waals surface area contributed by atoms with Crippen LogP contribution in [0.1, 0.15) is 42.1 Å². The Labute approximate surface area is 100 Å². The van der Waals surface area contributed by atoms with Gasteiger partial charge < -0.3 is 4.90 Å². The number of ketones is 1. The molecule has 3 nitrogen and oxygen atoms in total. The molecule has 1 aliphatic carbocycles. The van der Waals surface area contributed by atoms with Crippen molar-refractivity contribution in [2.45, 2.75) is 33.1 Å². The summed E-state index contributed by atoms with van der Waals surface area (Å²) in [6, 6.07) is 0. The molecule has 1 aromatic heterocycles. The Bertz CT molecular complexity index is 398. The van der Waals surface area contributed by atoms with Crippen molar-refractivity contribution in [2.24, 2.45) is 5.92 Å². The summed E-state index contributed by atoms with van der Waals surface area (Å²) in [5.74, 6) is 0.836. The van der Waals surface area contributed by atoms with E-state index in [9.17, 15) is 4.79 Å². The predicted octanol–water partition coefficient (Wildman–Crippen LogP) is 2.75. The monoisotopic (exact) mass is 238 g/mol. The Morgan fingerprint density at radius 2 is 2.19 bits per heavy atom.